The molecule has 0 radical (unpaired) electrons. The van der Waals surface area contributed by atoms with Crippen LogP contribution in [0.15, 0.2) is 60.8 Å². The molecule has 17 heavy (non-hydrogen) atoms. The molecule has 0 spiro atoms. The van der Waals surface area contributed by atoms with E-state index in [4.69, 9.17) is 0 Å². The topological polar surface area (TPSA) is 17.8 Å². The van der Waals surface area contributed by atoms with E-state index in [-0.39, 0.29) is 0 Å². The standard InChI is InChI=1S/C15H14N2/c1-2-6-13(7-3-1)10-11-17-15-9-5-4-8-14(15)12-16-17/h1-9,12H,10-11H2. The molecule has 3 rings (SSSR count). The lowest BCUT2D eigenvalue weighted by atomic mass is 10.1. The minimum absolute atomic E-state index is 0.928. The molecule has 0 saturated carbocycles. The van der Waals surface area contributed by atoms with Crippen LogP contribution in [-0.2, 0) is 13.0 Å². The Bertz CT molecular complexity index is 611. The summed E-state index contributed by atoms with van der Waals surface area (Å²) in [4.78, 5) is 0. The van der Waals surface area contributed by atoms with Gasteiger partial charge in [-0.15, -0.1) is 0 Å². The Morgan fingerprint density at radius 2 is 1.65 bits per heavy atom. The molecule has 0 aliphatic rings. The fraction of sp³-hybridized carbons (Fsp3) is 0.133. The van der Waals surface area contributed by atoms with E-state index in [1.807, 2.05) is 18.3 Å². The molecule has 0 atom stereocenters. The van der Waals surface area contributed by atoms with Crippen molar-refractivity contribution in [3.63, 3.8) is 0 Å². The summed E-state index contributed by atoms with van der Waals surface area (Å²) in [5, 5.41) is 5.64. The van der Waals surface area contributed by atoms with Crippen LogP contribution in [0.4, 0.5) is 0 Å². The maximum atomic E-state index is 4.43. The number of hydrogen-bond acceptors (Lipinski definition) is 1. The SMILES string of the molecule is c1ccc(CCn2ncc3ccccc32)cc1. The number of nitrogens with zero attached hydrogens (tertiary/aromatic N) is 2. The van der Waals surface area contributed by atoms with Gasteiger partial charge in [-0.25, -0.2) is 0 Å². The van der Waals surface area contributed by atoms with Gasteiger partial charge < -0.3 is 0 Å². The van der Waals surface area contributed by atoms with Gasteiger partial charge in [0.2, 0.25) is 0 Å². The van der Waals surface area contributed by atoms with Gasteiger partial charge in [0.1, 0.15) is 0 Å². The molecule has 2 heteroatoms. The molecular weight excluding hydrogens is 208 g/mol. The van der Waals surface area contributed by atoms with Crippen LogP contribution in [-0.4, -0.2) is 9.78 Å². The summed E-state index contributed by atoms with van der Waals surface area (Å²) in [7, 11) is 0. The Morgan fingerprint density at radius 3 is 2.53 bits per heavy atom. The van der Waals surface area contributed by atoms with E-state index in [0.717, 1.165) is 13.0 Å². The summed E-state index contributed by atoms with van der Waals surface area (Å²) in [5.74, 6) is 0. The number of aryl methyl sites for hydroxylation is 2. The lowest BCUT2D eigenvalue weighted by molar-refractivity contribution is 0.635. The van der Waals surface area contributed by atoms with Crippen molar-refractivity contribution in [3.05, 3.63) is 66.4 Å². The summed E-state index contributed by atoms with van der Waals surface area (Å²) in [6.07, 6.45) is 2.95. The van der Waals surface area contributed by atoms with Gasteiger partial charge in [0, 0.05) is 11.9 Å². The van der Waals surface area contributed by atoms with E-state index in [2.05, 4.69) is 52.2 Å². The first-order chi connectivity index (χ1) is 8.43. The smallest absolute Gasteiger partial charge is 0.0682 e. The molecule has 1 heterocycles. The third kappa shape index (κ3) is 2.07. The molecule has 0 unspecified atom stereocenters. The maximum Gasteiger partial charge on any atom is 0.0682 e. The summed E-state index contributed by atoms with van der Waals surface area (Å²) >= 11 is 0. The zero-order chi connectivity index (χ0) is 11.5. The first-order valence-electron chi connectivity index (χ1n) is 5.88. The summed E-state index contributed by atoms with van der Waals surface area (Å²) in [5.41, 5.74) is 2.57. The second kappa shape index (κ2) is 4.42. The molecule has 0 aliphatic carbocycles. The van der Waals surface area contributed by atoms with Crippen LogP contribution in [0.5, 0.6) is 0 Å². The Morgan fingerprint density at radius 1 is 0.882 bits per heavy atom. The zero-order valence-electron chi connectivity index (χ0n) is 9.58. The first-order valence-corrected chi connectivity index (χ1v) is 5.88. The molecule has 3 aromatic rings. The second-order valence-corrected chi connectivity index (χ2v) is 4.16. The number of benzene rings is 2. The normalized spacial score (nSPS) is 10.8. The zero-order valence-corrected chi connectivity index (χ0v) is 9.58. The van der Waals surface area contributed by atoms with Crippen molar-refractivity contribution in [2.75, 3.05) is 0 Å². The minimum atomic E-state index is 0.928. The highest BCUT2D eigenvalue weighted by molar-refractivity contribution is 5.78. The molecular formula is C15H14N2. The molecule has 84 valence electrons. The predicted molar refractivity (Wildman–Crippen MR) is 69.9 cm³/mol. The molecule has 2 aromatic carbocycles. The van der Waals surface area contributed by atoms with E-state index in [9.17, 15) is 0 Å². The second-order valence-electron chi connectivity index (χ2n) is 4.16. The Labute approximate surface area is 101 Å². The number of hydrogen-bond donors (Lipinski definition) is 0. The fourth-order valence-corrected chi connectivity index (χ4v) is 2.08. The highest BCUT2D eigenvalue weighted by Crippen LogP contribution is 2.13. The van der Waals surface area contributed by atoms with Crippen LogP contribution in [0.3, 0.4) is 0 Å². The molecule has 2 nitrogen and oxygen atoms in total. The minimum Gasteiger partial charge on any atom is -0.265 e. The van der Waals surface area contributed by atoms with Crippen molar-refractivity contribution in [1.29, 1.82) is 0 Å². The van der Waals surface area contributed by atoms with Crippen molar-refractivity contribution in [2.24, 2.45) is 0 Å². The van der Waals surface area contributed by atoms with Crippen molar-refractivity contribution >= 4 is 10.9 Å². The maximum absolute atomic E-state index is 4.43. The molecule has 0 amide bonds. The van der Waals surface area contributed by atoms with E-state index in [1.54, 1.807) is 0 Å². The summed E-state index contributed by atoms with van der Waals surface area (Å²) in [6.45, 7) is 0.928. The van der Waals surface area contributed by atoms with Gasteiger partial charge in [0.25, 0.3) is 0 Å². The van der Waals surface area contributed by atoms with Gasteiger partial charge in [-0.05, 0) is 18.1 Å². The van der Waals surface area contributed by atoms with Crippen LogP contribution >= 0.6 is 0 Å². The van der Waals surface area contributed by atoms with Gasteiger partial charge >= 0.3 is 0 Å². The first kappa shape index (κ1) is 10.1. The summed E-state index contributed by atoms with van der Waals surface area (Å²) < 4.78 is 2.07. The lowest BCUT2D eigenvalue weighted by Gasteiger charge is -2.03. The average molecular weight is 222 g/mol. The summed E-state index contributed by atoms with van der Waals surface area (Å²) in [6, 6.07) is 18.8. The Kier molecular flexibility index (Phi) is 2.62. The van der Waals surface area contributed by atoms with Crippen molar-refractivity contribution in [2.45, 2.75) is 13.0 Å². The molecule has 0 aliphatic heterocycles. The Hall–Kier alpha value is -2.09. The van der Waals surface area contributed by atoms with E-state index < -0.39 is 0 Å². The number of fused-ring (bicyclic) bond motifs is 1. The molecule has 0 fully saturated rings. The molecule has 0 N–H and O–H groups in total. The van der Waals surface area contributed by atoms with Gasteiger partial charge in [-0.1, -0.05) is 48.5 Å². The van der Waals surface area contributed by atoms with Gasteiger partial charge in [0.15, 0.2) is 0 Å². The van der Waals surface area contributed by atoms with Gasteiger partial charge in [-0.3, -0.25) is 4.68 Å². The van der Waals surface area contributed by atoms with E-state index in [1.165, 1.54) is 16.5 Å². The molecule has 1 aromatic heterocycles. The Balaban J connectivity index is 1.82. The van der Waals surface area contributed by atoms with Crippen molar-refractivity contribution in [3.8, 4) is 0 Å². The number of rotatable bonds is 3. The van der Waals surface area contributed by atoms with Gasteiger partial charge in [0.05, 0.1) is 11.7 Å². The highest BCUT2D eigenvalue weighted by Gasteiger charge is 2.01. The third-order valence-electron chi connectivity index (χ3n) is 3.01. The molecule has 0 bridgehead atoms. The van der Waals surface area contributed by atoms with Crippen molar-refractivity contribution < 1.29 is 0 Å². The predicted octanol–water partition coefficient (Wildman–Crippen LogP) is 3.28. The highest BCUT2D eigenvalue weighted by atomic mass is 15.3. The van der Waals surface area contributed by atoms with Crippen LogP contribution in [0.25, 0.3) is 10.9 Å². The lowest BCUT2D eigenvalue weighted by Crippen LogP contribution is -2.02. The number of aromatic nitrogens is 2. The van der Waals surface area contributed by atoms with Crippen LogP contribution < -0.4 is 0 Å². The average Bonchev–Trinajstić information content (AvgIpc) is 2.81. The van der Waals surface area contributed by atoms with Crippen LogP contribution in [0.1, 0.15) is 5.56 Å². The van der Waals surface area contributed by atoms with Gasteiger partial charge in [-0.2, -0.15) is 5.10 Å². The quantitative estimate of drug-likeness (QED) is 0.665. The number of para-hydroxylation sites is 1. The van der Waals surface area contributed by atoms with Crippen LogP contribution in [0, 0.1) is 0 Å². The van der Waals surface area contributed by atoms with Crippen molar-refractivity contribution in [1.82, 2.24) is 9.78 Å². The molecule has 0 saturated heterocycles. The fourth-order valence-electron chi connectivity index (χ4n) is 2.08. The van der Waals surface area contributed by atoms with E-state index >= 15 is 0 Å². The monoisotopic (exact) mass is 222 g/mol. The third-order valence-corrected chi connectivity index (χ3v) is 3.01. The van der Waals surface area contributed by atoms with Crippen LogP contribution in [0.2, 0.25) is 0 Å². The largest absolute Gasteiger partial charge is 0.265 e. The van der Waals surface area contributed by atoms with E-state index in [0.29, 0.717) is 0 Å².